The predicted octanol–water partition coefficient (Wildman–Crippen LogP) is 2.33. The van der Waals surface area contributed by atoms with E-state index in [2.05, 4.69) is 20.4 Å². The van der Waals surface area contributed by atoms with Gasteiger partial charge in [-0.05, 0) is 24.3 Å². The Balaban J connectivity index is 1.40. The zero-order valence-corrected chi connectivity index (χ0v) is 15.2. The average molecular weight is 383 g/mol. The normalized spacial score (nSPS) is 15.2. The first-order valence-corrected chi connectivity index (χ1v) is 9.36. The number of amides is 1. The smallest absolute Gasteiger partial charge is 0.277 e. The molecule has 0 bridgehead atoms. The van der Waals surface area contributed by atoms with Crippen molar-refractivity contribution in [2.24, 2.45) is 0 Å². The number of aromatic nitrogens is 2. The number of anilines is 1. The van der Waals surface area contributed by atoms with Gasteiger partial charge in [0.1, 0.15) is 0 Å². The topological polar surface area (TPSA) is 80.5 Å². The number of nitrogens with one attached hydrogen (secondary N) is 1. The van der Waals surface area contributed by atoms with E-state index >= 15 is 0 Å². The third-order valence-corrected chi connectivity index (χ3v) is 4.72. The van der Waals surface area contributed by atoms with Crippen LogP contribution in [0.15, 0.2) is 33.9 Å². The van der Waals surface area contributed by atoms with Crippen molar-refractivity contribution in [1.82, 2.24) is 15.1 Å². The van der Waals surface area contributed by atoms with Crippen molar-refractivity contribution in [2.45, 2.75) is 11.6 Å². The molecule has 3 rings (SSSR count). The summed E-state index contributed by atoms with van der Waals surface area (Å²) in [6.07, 6.45) is 0.699. The van der Waals surface area contributed by atoms with Gasteiger partial charge in [-0.15, -0.1) is 10.2 Å². The Kier molecular flexibility index (Phi) is 6.69. The van der Waals surface area contributed by atoms with E-state index in [0.717, 1.165) is 32.8 Å². The molecular weight excluding hydrogens is 364 g/mol. The van der Waals surface area contributed by atoms with Crippen molar-refractivity contribution < 1.29 is 13.9 Å². The standard InChI is InChI=1S/C16H19ClN4O3S/c17-12-1-3-13(4-2-12)18-14(22)11-25-16-20-19-15(24-16)5-6-21-7-9-23-10-8-21/h1-4H,5-11H2,(H,18,22). The first-order valence-electron chi connectivity index (χ1n) is 8.00. The Morgan fingerprint density at radius 1 is 1.24 bits per heavy atom. The van der Waals surface area contributed by atoms with E-state index in [4.69, 9.17) is 20.8 Å². The fourth-order valence-corrected chi connectivity index (χ4v) is 3.04. The van der Waals surface area contributed by atoms with Gasteiger partial charge in [0.2, 0.25) is 11.8 Å². The van der Waals surface area contributed by atoms with Crippen LogP contribution < -0.4 is 5.32 Å². The maximum Gasteiger partial charge on any atom is 0.277 e. The van der Waals surface area contributed by atoms with E-state index in [1.54, 1.807) is 24.3 Å². The van der Waals surface area contributed by atoms with Crippen LogP contribution in [-0.4, -0.2) is 59.6 Å². The molecule has 0 aliphatic carbocycles. The first kappa shape index (κ1) is 18.2. The number of hydrogen-bond acceptors (Lipinski definition) is 7. The van der Waals surface area contributed by atoms with Gasteiger partial charge in [-0.2, -0.15) is 0 Å². The summed E-state index contributed by atoms with van der Waals surface area (Å²) in [4.78, 5) is 14.2. The van der Waals surface area contributed by atoms with Crippen LogP contribution >= 0.6 is 23.4 Å². The van der Waals surface area contributed by atoms with Gasteiger partial charge in [-0.1, -0.05) is 23.4 Å². The molecule has 1 aliphatic heterocycles. The van der Waals surface area contributed by atoms with E-state index in [-0.39, 0.29) is 11.7 Å². The molecule has 1 N–H and O–H groups in total. The van der Waals surface area contributed by atoms with Crippen molar-refractivity contribution in [3.63, 3.8) is 0 Å². The quantitative estimate of drug-likeness (QED) is 0.736. The van der Waals surface area contributed by atoms with Gasteiger partial charge in [0.25, 0.3) is 5.22 Å². The van der Waals surface area contributed by atoms with Gasteiger partial charge in [0, 0.05) is 36.8 Å². The molecule has 2 heterocycles. The highest BCUT2D eigenvalue weighted by atomic mass is 35.5. The third kappa shape index (κ3) is 6.00. The fourth-order valence-electron chi connectivity index (χ4n) is 2.33. The van der Waals surface area contributed by atoms with E-state index in [1.165, 1.54) is 11.8 Å². The predicted molar refractivity (Wildman–Crippen MR) is 96.1 cm³/mol. The summed E-state index contributed by atoms with van der Waals surface area (Å²) in [7, 11) is 0. The summed E-state index contributed by atoms with van der Waals surface area (Å²) in [5.41, 5.74) is 0.701. The molecule has 0 saturated carbocycles. The number of rotatable bonds is 7. The number of thioether (sulfide) groups is 1. The molecule has 9 heteroatoms. The summed E-state index contributed by atoms with van der Waals surface area (Å²) in [5.74, 6) is 0.653. The molecule has 1 aromatic heterocycles. The van der Waals surface area contributed by atoms with Crippen LogP contribution in [0.5, 0.6) is 0 Å². The van der Waals surface area contributed by atoms with Crippen LogP contribution in [0.4, 0.5) is 5.69 Å². The lowest BCUT2D eigenvalue weighted by Gasteiger charge is -2.25. The molecular formula is C16H19ClN4O3S. The summed E-state index contributed by atoms with van der Waals surface area (Å²) in [5, 5.41) is 11.8. The monoisotopic (exact) mass is 382 g/mol. The minimum Gasteiger partial charge on any atom is -0.416 e. The van der Waals surface area contributed by atoms with E-state index in [9.17, 15) is 4.79 Å². The second kappa shape index (κ2) is 9.19. The highest BCUT2D eigenvalue weighted by Crippen LogP contribution is 2.18. The SMILES string of the molecule is O=C(CSc1nnc(CCN2CCOCC2)o1)Nc1ccc(Cl)cc1. The number of ether oxygens (including phenoxy) is 1. The zero-order chi connectivity index (χ0) is 17.5. The Bertz CT molecular complexity index is 689. The molecule has 0 spiro atoms. The van der Waals surface area contributed by atoms with Crippen LogP contribution in [-0.2, 0) is 16.0 Å². The molecule has 1 fully saturated rings. The Hall–Kier alpha value is -1.61. The van der Waals surface area contributed by atoms with Crippen LogP contribution in [0.2, 0.25) is 5.02 Å². The van der Waals surface area contributed by atoms with Crippen molar-refractivity contribution in [3.8, 4) is 0 Å². The molecule has 0 atom stereocenters. The van der Waals surface area contributed by atoms with E-state index in [1.807, 2.05) is 0 Å². The van der Waals surface area contributed by atoms with Crippen LogP contribution in [0, 0.1) is 0 Å². The van der Waals surface area contributed by atoms with Crippen molar-refractivity contribution in [3.05, 3.63) is 35.2 Å². The van der Waals surface area contributed by atoms with E-state index < -0.39 is 0 Å². The van der Waals surface area contributed by atoms with Crippen molar-refractivity contribution in [2.75, 3.05) is 43.9 Å². The fraction of sp³-hybridized carbons (Fsp3) is 0.438. The van der Waals surface area contributed by atoms with Gasteiger partial charge in [0.05, 0.1) is 19.0 Å². The lowest BCUT2D eigenvalue weighted by Crippen LogP contribution is -2.37. The molecule has 0 unspecified atom stereocenters. The van der Waals surface area contributed by atoms with Crippen LogP contribution in [0.25, 0.3) is 0 Å². The second-order valence-corrected chi connectivity index (χ2v) is 6.87. The van der Waals surface area contributed by atoms with Gasteiger partial charge < -0.3 is 14.5 Å². The van der Waals surface area contributed by atoms with Gasteiger partial charge in [-0.3, -0.25) is 9.69 Å². The van der Waals surface area contributed by atoms with Gasteiger partial charge in [0.15, 0.2) is 0 Å². The molecule has 1 aliphatic rings. The lowest BCUT2D eigenvalue weighted by molar-refractivity contribution is -0.113. The molecule has 134 valence electrons. The molecule has 7 nitrogen and oxygen atoms in total. The molecule has 25 heavy (non-hydrogen) atoms. The number of halogens is 1. The maximum atomic E-state index is 11.9. The lowest BCUT2D eigenvalue weighted by atomic mass is 10.3. The molecule has 2 aromatic rings. The van der Waals surface area contributed by atoms with Crippen LogP contribution in [0.1, 0.15) is 5.89 Å². The summed E-state index contributed by atoms with van der Waals surface area (Å²) < 4.78 is 10.9. The summed E-state index contributed by atoms with van der Waals surface area (Å²) in [6, 6.07) is 6.95. The first-order chi connectivity index (χ1) is 12.2. The molecule has 1 saturated heterocycles. The van der Waals surface area contributed by atoms with Gasteiger partial charge >= 0.3 is 0 Å². The molecule has 1 aromatic carbocycles. The average Bonchev–Trinajstić information content (AvgIpc) is 3.09. The molecule has 0 radical (unpaired) electrons. The highest BCUT2D eigenvalue weighted by Gasteiger charge is 2.13. The summed E-state index contributed by atoms with van der Waals surface area (Å²) >= 11 is 7.03. The minimum atomic E-state index is -0.139. The van der Waals surface area contributed by atoms with Crippen LogP contribution in [0.3, 0.4) is 0 Å². The van der Waals surface area contributed by atoms with E-state index in [0.29, 0.717) is 28.2 Å². The highest BCUT2D eigenvalue weighted by molar-refractivity contribution is 7.99. The number of carbonyl (C=O) groups excluding carboxylic acids is 1. The Morgan fingerprint density at radius 2 is 2.00 bits per heavy atom. The number of nitrogens with zero attached hydrogens (tertiary/aromatic N) is 3. The largest absolute Gasteiger partial charge is 0.416 e. The molecule has 1 amide bonds. The summed E-state index contributed by atoms with van der Waals surface area (Å²) in [6.45, 7) is 4.27. The van der Waals surface area contributed by atoms with Crippen molar-refractivity contribution in [1.29, 1.82) is 0 Å². The number of hydrogen-bond donors (Lipinski definition) is 1. The third-order valence-electron chi connectivity index (χ3n) is 3.65. The maximum absolute atomic E-state index is 11.9. The number of benzene rings is 1. The number of carbonyl (C=O) groups is 1. The Morgan fingerprint density at radius 3 is 2.76 bits per heavy atom. The number of morpholine rings is 1. The van der Waals surface area contributed by atoms with Gasteiger partial charge in [-0.25, -0.2) is 0 Å². The van der Waals surface area contributed by atoms with Crippen molar-refractivity contribution >= 4 is 35.0 Å². The second-order valence-electron chi connectivity index (χ2n) is 5.51. The zero-order valence-electron chi connectivity index (χ0n) is 13.6. The minimum absolute atomic E-state index is 0.139. The Labute approximate surface area is 155 Å².